The van der Waals surface area contributed by atoms with Crippen LogP contribution >= 0.6 is 11.8 Å². The predicted molar refractivity (Wildman–Crippen MR) is 65.6 cm³/mol. The summed E-state index contributed by atoms with van der Waals surface area (Å²) >= 11 is 1.31. The highest BCUT2D eigenvalue weighted by Crippen LogP contribution is 2.27. The summed E-state index contributed by atoms with van der Waals surface area (Å²) in [5, 5.41) is 18.5. The van der Waals surface area contributed by atoms with Gasteiger partial charge in [-0.25, -0.2) is 9.78 Å². The monoisotopic (exact) mass is 253 g/mol. The Bertz CT molecular complexity index is 434. The molecule has 0 aromatic carbocycles. The molecule has 0 aliphatic heterocycles. The highest BCUT2D eigenvalue weighted by molar-refractivity contribution is 7.99. The van der Waals surface area contributed by atoms with E-state index in [0.717, 1.165) is 36.9 Å². The smallest absolute Gasteiger partial charge is 0.338 e. The molecule has 1 aromatic rings. The fourth-order valence-electron chi connectivity index (χ4n) is 2.02. The maximum absolute atomic E-state index is 11.2. The molecule has 0 atom stereocenters. The van der Waals surface area contributed by atoms with Crippen LogP contribution in [0.15, 0.2) is 11.1 Å². The second kappa shape index (κ2) is 5.51. The molecule has 0 spiro atoms. The Kier molecular flexibility index (Phi) is 4.02. The third kappa shape index (κ3) is 2.79. The molecule has 0 radical (unpaired) electrons. The quantitative estimate of drug-likeness (QED) is 0.800. The van der Waals surface area contributed by atoms with Crippen LogP contribution in [0, 0.1) is 0 Å². The van der Waals surface area contributed by atoms with Crippen LogP contribution in [0.25, 0.3) is 0 Å². The van der Waals surface area contributed by atoms with E-state index >= 15 is 0 Å². The number of carboxylic acid groups (broad SMARTS) is 1. The number of fused-ring (bicyclic) bond motifs is 1. The van der Waals surface area contributed by atoms with Gasteiger partial charge in [0.2, 0.25) is 0 Å². The van der Waals surface area contributed by atoms with Crippen LogP contribution in [0.3, 0.4) is 0 Å². The summed E-state index contributed by atoms with van der Waals surface area (Å²) in [5.74, 6) is -0.460. The minimum Gasteiger partial charge on any atom is -0.478 e. The largest absolute Gasteiger partial charge is 0.478 e. The maximum atomic E-state index is 11.2. The van der Waals surface area contributed by atoms with E-state index in [1.54, 1.807) is 6.07 Å². The van der Waals surface area contributed by atoms with Gasteiger partial charge in [-0.05, 0) is 37.3 Å². The Balaban J connectivity index is 2.37. The average molecular weight is 253 g/mol. The van der Waals surface area contributed by atoms with E-state index in [0.29, 0.717) is 10.8 Å². The number of aryl methyl sites for hydroxylation is 2. The number of nitrogens with zero attached hydrogens (tertiary/aromatic N) is 1. The number of aliphatic hydroxyl groups excluding tert-OH is 1. The first-order valence-electron chi connectivity index (χ1n) is 5.72. The molecule has 1 heterocycles. The fraction of sp³-hybridized carbons (Fsp3) is 0.500. The minimum atomic E-state index is -0.939. The van der Waals surface area contributed by atoms with Crippen molar-refractivity contribution < 1.29 is 15.0 Å². The van der Waals surface area contributed by atoms with Crippen molar-refractivity contribution in [1.82, 2.24) is 4.98 Å². The van der Waals surface area contributed by atoms with Crippen LogP contribution < -0.4 is 0 Å². The lowest BCUT2D eigenvalue weighted by Gasteiger charge is -2.17. The number of carboxylic acids is 1. The van der Waals surface area contributed by atoms with Crippen molar-refractivity contribution in [3.05, 3.63) is 22.9 Å². The van der Waals surface area contributed by atoms with Gasteiger partial charge in [0, 0.05) is 11.4 Å². The van der Waals surface area contributed by atoms with Crippen LogP contribution in [0.2, 0.25) is 0 Å². The summed E-state index contributed by atoms with van der Waals surface area (Å²) in [4.78, 5) is 15.6. The van der Waals surface area contributed by atoms with E-state index in [-0.39, 0.29) is 12.2 Å². The molecular formula is C12H15NO3S. The first kappa shape index (κ1) is 12.4. The molecule has 0 saturated heterocycles. The minimum absolute atomic E-state index is 0.0302. The van der Waals surface area contributed by atoms with Gasteiger partial charge in [-0.2, -0.15) is 0 Å². The topological polar surface area (TPSA) is 70.4 Å². The van der Waals surface area contributed by atoms with Crippen LogP contribution in [0.1, 0.15) is 34.5 Å². The lowest BCUT2D eigenvalue weighted by atomic mass is 9.95. The lowest BCUT2D eigenvalue weighted by molar-refractivity contribution is 0.0692. The van der Waals surface area contributed by atoms with Gasteiger partial charge < -0.3 is 10.2 Å². The molecule has 0 bridgehead atoms. The molecule has 1 aliphatic carbocycles. The molecule has 17 heavy (non-hydrogen) atoms. The third-order valence-electron chi connectivity index (χ3n) is 2.83. The van der Waals surface area contributed by atoms with Gasteiger partial charge in [-0.1, -0.05) is 0 Å². The van der Waals surface area contributed by atoms with Crippen molar-refractivity contribution in [2.45, 2.75) is 30.7 Å². The van der Waals surface area contributed by atoms with Gasteiger partial charge >= 0.3 is 5.97 Å². The molecular weight excluding hydrogens is 238 g/mol. The van der Waals surface area contributed by atoms with Gasteiger partial charge in [-0.3, -0.25) is 0 Å². The average Bonchev–Trinajstić information content (AvgIpc) is 2.35. The van der Waals surface area contributed by atoms with Crippen LogP contribution in [0.4, 0.5) is 0 Å². The van der Waals surface area contributed by atoms with Crippen molar-refractivity contribution >= 4 is 17.7 Å². The lowest BCUT2D eigenvalue weighted by Crippen LogP contribution is -2.11. The number of aromatic carboxylic acids is 1. The normalized spacial score (nSPS) is 14.4. The third-order valence-corrected chi connectivity index (χ3v) is 3.80. The molecule has 0 fully saturated rings. The Morgan fingerprint density at radius 1 is 1.41 bits per heavy atom. The summed E-state index contributed by atoms with van der Waals surface area (Å²) in [6.45, 7) is 0.0302. The number of carbonyl (C=O) groups is 1. The van der Waals surface area contributed by atoms with Crippen molar-refractivity contribution in [2.75, 3.05) is 12.4 Å². The zero-order valence-electron chi connectivity index (χ0n) is 9.48. The number of aromatic nitrogens is 1. The molecule has 0 saturated carbocycles. The molecule has 0 amide bonds. The number of pyridine rings is 1. The van der Waals surface area contributed by atoms with E-state index < -0.39 is 5.97 Å². The van der Waals surface area contributed by atoms with Gasteiger partial charge in [0.15, 0.2) is 0 Å². The molecule has 2 N–H and O–H groups in total. The van der Waals surface area contributed by atoms with Crippen molar-refractivity contribution in [3.63, 3.8) is 0 Å². The van der Waals surface area contributed by atoms with E-state index in [4.69, 9.17) is 10.2 Å². The van der Waals surface area contributed by atoms with Crippen molar-refractivity contribution in [3.8, 4) is 0 Å². The second-order valence-electron chi connectivity index (χ2n) is 4.03. The zero-order valence-corrected chi connectivity index (χ0v) is 10.3. The number of hydrogen-bond donors (Lipinski definition) is 2. The maximum Gasteiger partial charge on any atom is 0.338 e. The number of rotatable bonds is 4. The predicted octanol–water partition coefficient (Wildman–Crippen LogP) is 1.74. The Morgan fingerprint density at radius 2 is 2.18 bits per heavy atom. The summed E-state index contributed by atoms with van der Waals surface area (Å²) in [7, 11) is 0. The molecule has 0 unspecified atom stereocenters. The fourth-order valence-corrected chi connectivity index (χ4v) is 2.78. The molecule has 5 heteroatoms. The van der Waals surface area contributed by atoms with E-state index in [9.17, 15) is 4.79 Å². The Hall–Kier alpha value is -1.07. The zero-order chi connectivity index (χ0) is 12.3. The molecule has 1 aromatic heterocycles. The SMILES string of the molecule is O=C(O)c1cc2c(nc1SCCO)CCCC2. The van der Waals surface area contributed by atoms with Crippen molar-refractivity contribution in [2.24, 2.45) is 0 Å². The van der Waals surface area contributed by atoms with Crippen LogP contribution in [-0.4, -0.2) is 33.5 Å². The summed E-state index contributed by atoms with van der Waals surface area (Å²) in [5.41, 5.74) is 2.37. The molecule has 92 valence electrons. The summed E-state index contributed by atoms with van der Waals surface area (Å²) in [6.07, 6.45) is 4.09. The highest BCUT2D eigenvalue weighted by Gasteiger charge is 2.18. The number of thioether (sulfide) groups is 1. The van der Waals surface area contributed by atoms with Crippen LogP contribution in [0.5, 0.6) is 0 Å². The Labute approximate surface area is 104 Å². The first-order chi connectivity index (χ1) is 8.22. The number of hydrogen-bond acceptors (Lipinski definition) is 4. The summed E-state index contributed by atoms with van der Waals surface area (Å²) in [6, 6.07) is 1.75. The standard InChI is InChI=1S/C12H15NO3S/c14-5-6-17-11-9(12(15)16)7-8-3-1-2-4-10(8)13-11/h7,14H,1-6H2,(H,15,16). The van der Waals surface area contributed by atoms with Gasteiger partial charge in [-0.15, -0.1) is 11.8 Å². The second-order valence-corrected chi connectivity index (χ2v) is 5.11. The Morgan fingerprint density at radius 3 is 2.88 bits per heavy atom. The van der Waals surface area contributed by atoms with Gasteiger partial charge in [0.1, 0.15) is 5.03 Å². The number of aliphatic hydroxyl groups is 1. The summed E-state index contributed by atoms with van der Waals surface area (Å²) < 4.78 is 0. The molecule has 4 nitrogen and oxygen atoms in total. The highest BCUT2D eigenvalue weighted by atomic mass is 32.2. The van der Waals surface area contributed by atoms with Crippen LogP contribution in [-0.2, 0) is 12.8 Å². The van der Waals surface area contributed by atoms with E-state index in [1.165, 1.54) is 11.8 Å². The van der Waals surface area contributed by atoms with Gasteiger partial charge in [0.05, 0.1) is 12.2 Å². The van der Waals surface area contributed by atoms with E-state index in [1.807, 2.05) is 0 Å². The van der Waals surface area contributed by atoms with Crippen molar-refractivity contribution in [1.29, 1.82) is 0 Å². The van der Waals surface area contributed by atoms with Gasteiger partial charge in [0.25, 0.3) is 0 Å². The van der Waals surface area contributed by atoms with E-state index in [2.05, 4.69) is 4.98 Å². The first-order valence-corrected chi connectivity index (χ1v) is 6.70. The molecule has 2 rings (SSSR count). The molecule has 1 aliphatic rings.